The number of ketones is 1. The maximum Gasteiger partial charge on any atom is 0.140 e. The summed E-state index contributed by atoms with van der Waals surface area (Å²) in [6, 6.07) is 7.87. The lowest BCUT2D eigenvalue weighted by Gasteiger charge is -2.21. The fourth-order valence-electron chi connectivity index (χ4n) is 2.19. The summed E-state index contributed by atoms with van der Waals surface area (Å²) >= 11 is 0. The van der Waals surface area contributed by atoms with Crippen molar-refractivity contribution in [2.75, 3.05) is 20.7 Å². The Kier molecular flexibility index (Phi) is 7.19. The highest BCUT2D eigenvalue weighted by molar-refractivity contribution is 5.86. The molecule has 1 aromatic rings. The molecule has 1 aliphatic rings. The van der Waals surface area contributed by atoms with Crippen LogP contribution in [-0.2, 0) is 4.79 Å². The number of rotatable bonds is 3. The smallest absolute Gasteiger partial charge is 0.140 e. The van der Waals surface area contributed by atoms with Gasteiger partial charge < -0.3 is 10.1 Å². The zero-order valence-electron chi connectivity index (χ0n) is 12.2. The van der Waals surface area contributed by atoms with Gasteiger partial charge in [-0.05, 0) is 44.1 Å². The summed E-state index contributed by atoms with van der Waals surface area (Å²) in [6.07, 6.45) is 3.95. The first-order chi connectivity index (χ1) is 9.22. The van der Waals surface area contributed by atoms with Crippen LogP contribution in [0.2, 0.25) is 0 Å². The highest BCUT2D eigenvalue weighted by Crippen LogP contribution is 2.31. The molecule has 1 fully saturated rings. The third-order valence-electron chi connectivity index (χ3n) is 3.40. The second kappa shape index (κ2) is 8.70. The van der Waals surface area contributed by atoms with E-state index in [4.69, 9.17) is 4.74 Å². The summed E-state index contributed by atoms with van der Waals surface area (Å²) in [4.78, 5) is 11.8. The van der Waals surface area contributed by atoms with Gasteiger partial charge >= 0.3 is 0 Å². The SMILES string of the molecule is CCNC.COc1cccc(C2CCCCC2=O)c1. The summed E-state index contributed by atoms with van der Waals surface area (Å²) in [5.41, 5.74) is 1.11. The number of hydrogen-bond donors (Lipinski definition) is 1. The molecule has 0 spiro atoms. The van der Waals surface area contributed by atoms with Crippen molar-refractivity contribution in [3.8, 4) is 5.75 Å². The van der Waals surface area contributed by atoms with E-state index in [9.17, 15) is 4.79 Å². The second-order valence-corrected chi connectivity index (χ2v) is 4.75. The molecule has 1 N–H and O–H groups in total. The zero-order valence-corrected chi connectivity index (χ0v) is 12.2. The van der Waals surface area contributed by atoms with Gasteiger partial charge in [0.25, 0.3) is 0 Å². The Bertz CT molecular complexity index is 388. The van der Waals surface area contributed by atoms with Crippen LogP contribution in [-0.4, -0.2) is 26.5 Å². The summed E-state index contributed by atoms with van der Waals surface area (Å²) in [5.74, 6) is 1.33. The van der Waals surface area contributed by atoms with E-state index in [1.165, 1.54) is 0 Å². The van der Waals surface area contributed by atoms with Crippen LogP contribution in [0.5, 0.6) is 5.75 Å². The largest absolute Gasteiger partial charge is 0.497 e. The van der Waals surface area contributed by atoms with E-state index in [-0.39, 0.29) is 5.92 Å². The highest BCUT2D eigenvalue weighted by atomic mass is 16.5. The minimum absolute atomic E-state index is 0.105. The lowest BCUT2D eigenvalue weighted by atomic mass is 9.83. The van der Waals surface area contributed by atoms with Crippen LogP contribution in [0.1, 0.15) is 44.1 Å². The molecule has 0 aliphatic heterocycles. The Labute approximate surface area is 116 Å². The zero-order chi connectivity index (χ0) is 14.1. The normalized spacial score (nSPS) is 18.5. The van der Waals surface area contributed by atoms with E-state index in [0.29, 0.717) is 5.78 Å². The molecule has 0 radical (unpaired) electrons. The Balaban J connectivity index is 0.000000399. The second-order valence-electron chi connectivity index (χ2n) is 4.75. The van der Waals surface area contributed by atoms with Gasteiger partial charge in [-0.25, -0.2) is 0 Å². The molecule has 2 rings (SSSR count). The van der Waals surface area contributed by atoms with E-state index in [2.05, 4.69) is 12.2 Å². The van der Waals surface area contributed by atoms with E-state index in [1.54, 1.807) is 7.11 Å². The number of nitrogens with one attached hydrogen (secondary N) is 1. The lowest BCUT2D eigenvalue weighted by Crippen LogP contribution is -2.16. The molecule has 1 unspecified atom stereocenters. The fourth-order valence-corrected chi connectivity index (χ4v) is 2.19. The van der Waals surface area contributed by atoms with Crippen LogP contribution in [0, 0.1) is 0 Å². The molecule has 19 heavy (non-hydrogen) atoms. The minimum atomic E-state index is 0.105. The van der Waals surface area contributed by atoms with E-state index in [1.807, 2.05) is 31.3 Å². The van der Waals surface area contributed by atoms with Crippen molar-refractivity contribution < 1.29 is 9.53 Å². The van der Waals surface area contributed by atoms with Crippen LogP contribution in [0.3, 0.4) is 0 Å². The summed E-state index contributed by atoms with van der Waals surface area (Å²) in [5, 5.41) is 2.93. The Morgan fingerprint density at radius 3 is 2.68 bits per heavy atom. The van der Waals surface area contributed by atoms with Crippen molar-refractivity contribution in [2.24, 2.45) is 0 Å². The van der Waals surface area contributed by atoms with Crippen molar-refractivity contribution in [2.45, 2.75) is 38.5 Å². The summed E-state index contributed by atoms with van der Waals surface area (Å²) < 4.78 is 5.17. The topological polar surface area (TPSA) is 38.3 Å². The average molecular weight is 263 g/mol. The fraction of sp³-hybridized carbons (Fsp3) is 0.562. The van der Waals surface area contributed by atoms with Gasteiger partial charge in [0.15, 0.2) is 0 Å². The number of carbonyl (C=O) groups is 1. The van der Waals surface area contributed by atoms with Crippen LogP contribution in [0.4, 0.5) is 0 Å². The first-order valence-corrected chi connectivity index (χ1v) is 7.04. The van der Waals surface area contributed by atoms with Gasteiger partial charge in [-0.2, -0.15) is 0 Å². The molecule has 0 saturated heterocycles. The third-order valence-corrected chi connectivity index (χ3v) is 3.40. The van der Waals surface area contributed by atoms with Crippen molar-refractivity contribution in [1.29, 1.82) is 0 Å². The van der Waals surface area contributed by atoms with Crippen LogP contribution in [0.15, 0.2) is 24.3 Å². The molecular weight excluding hydrogens is 238 g/mol. The van der Waals surface area contributed by atoms with Crippen molar-refractivity contribution in [1.82, 2.24) is 5.32 Å². The minimum Gasteiger partial charge on any atom is -0.497 e. The predicted molar refractivity (Wildman–Crippen MR) is 78.8 cm³/mol. The molecule has 1 saturated carbocycles. The molecule has 3 nitrogen and oxygen atoms in total. The molecule has 1 aromatic carbocycles. The van der Waals surface area contributed by atoms with Crippen LogP contribution >= 0.6 is 0 Å². The van der Waals surface area contributed by atoms with Crippen molar-refractivity contribution >= 4 is 5.78 Å². The first-order valence-electron chi connectivity index (χ1n) is 7.04. The predicted octanol–water partition coefficient (Wildman–Crippen LogP) is 3.15. The van der Waals surface area contributed by atoms with Gasteiger partial charge in [0.1, 0.15) is 11.5 Å². The molecule has 0 amide bonds. The van der Waals surface area contributed by atoms with Gasteiger partial charge in [0, 0.05) is 12.3 Å². The average Bonchev–Trinajstić information content (AvgIpc) is 2.48. The van der Waals surface area contributed by atoms with E-state index < -0.39 is 0 Å². The molecular formula is C16H25NO2. The Morgan fingerprint density at radius 2 is 2.11 bits per heavy atom. The van der Waals surface area contributed by atoms with Gasteiger partial charge in [-0.1, -0.05) is 25.5 Å². The van der Waals surface area contributed by atoms with Crippen LogP contribution < -0.4 is 10.1 Å². The van der Waals surface area contributed by atoms with Crippen LogP contribution in [0.25, 0.3) is 0 Å². The molecule has 3 heteroatoms. The number of carbonyl (C=O) groups excluding carboxylic acids is 1. The lowest BCUT2D eigenvalue weighted by molar-refractivity contribution is -0.121. The van der Waals surface area contributed by atoms with Crippen molar-refractivity contribution in [3.63, 3.8) is 0 Å². The standard InChI is InChI=1S/C13H16O2.C3H9N/c1-15-11-6-4-5-10(9-11)12-7-2-3-8-13(12)14;1-3-4-2/h4-6,9,12H,2-3,7-8H2,1H3;4H,3H2,1-2H3. The highest BCUT2D eigenvalue weighted by Gasteiger charge is 2.23. The molecule has 0 aromatic heterocycles. The maximum absolute atomic E-state index is 11.8. The monoisotopic (exact) mass is 263 g/mol. The van der Waals surface area contributed by atoms with E-state index in [0.717, 1.165) is 43.5 Å². The van der Waals surface area contributed by atoms with Gasteiger partial charge in [0.05, 0.1) is 7.11 Å². The number of hydrogen-bond acceptors (Lipinski definition) is 3. The third kappa shape index (κ3) is 5.03. The Hall–Kier alpha value is -1.35. The molecule has 1 atom stereocenters. The molecule has 106 valence electrons. The van der Waals surface area contributed by atoms with Gasteiger partial charge in [-0.3, -0.25) is 4.79 Å². The number of methoxy groups -OCH3 is 1. The molecule has 1 aliphatic carbocycles. The summed E-state index contributed by atoms with van der Waals surface area (Å²) in [7, 11) is 3.59. The Morgan fingerprint density at radius 1 is 1.37 bits per heavy atom. The quantitative estimate of drug-likeness (QED) is 0.910. The van der Waals surface area contributed by atoms with Gasteiger partial charge in [-0.15, -0.1) is 0 Å². The molecule has 0 bridgehead atoms. The first kappa shape index (κ1) is 15.7. The number of ether oxygens (including phenoxy) is 1. The maximum atomic E-state index is 11.8. The summed E-state index contributed by atoms with van der Waals surface area (Å²) in [6.45, 7) is 3.14. The molecule has 0 heterocycles. The number of benzene rings is 1. The van der Waals surface area contributed by atoms with E-state index >= 15 is 0 Å². The van der Waals surface area contributed by atoms with Crippen molar-refractivity contribution in [3.05, 3.63) is 29.8 Å². The van der Waals surface area contributed by atoms with Gasteiger partial charge in [0.2, 0.25) is 0 Å². The number of Topliss-reactive ketones (excluding diaryl/α,β-unsaturated/α-hetero) is 1.